The first-order valence-electron chi connectivity index (χ1n) is 10.4. The van der Waals surface area contributed by atoms with Crippen molar-refractivity contribution in [2.75, 3.05) is 5.32 Å². The predicted molar refractivity (Wildman–Crippen MR) is 121 cm³/mol. The van der Waals surface area contributed by atoms with Gasteiger partial charge in [0.1, 0.15) is 5.82 Å². The first-order chi connectivity index (χ1) is 14.5. The highest BCUT2D eigenvalue weighted by Gasteiger charge is 2.35. The summed E-state index contributed by atoms with van der Waals surface area (Å²) in [7, 11) is 0. The van der Waals surface area contributed by atoms with Gasteiger partial charge in [0, 0.05) is 22.9 Å². The fourth-order valence-corrected chi connectivity index (χ4v) is 4.77. The number of hydrogen-bond donors (Lipinski definition) is 2. The smallest absolute Gasteiger partial charge is 0.148 e. The van der Waals surface area contributed by atoms with Gasteiger partial charge in [0.05, 0.1) is 34.3 Å². The maximum absolute atomic E-state index is 10.7. The summed E-state index contributed by atoms with van der Waals surface area (Å²) in [5.41, 5.74) is 5.83. The Bertz CT molecular complexity index is 1110. The number of nitrogens with zero attached hydrogens (tertiary/aromatic N) is 2. The number of aliphatic hydroxyl groups is 1. The number of hydrogen-bond acceptors (Lipinski definition) is 4. The second-order valence-electron chi connectivity index (χ2n) is 8.10. The van der Waals surface area contributed by atoms with Crippen molar-refractivity contribution in [1.29, 1.82) is 0 Å². The van der Waals surface area contributed by atoms with Gasteiger partial charge in [-0.15, -0.1) is 0 Å². The molecule has 0 spiro atoms. The van der Waals surface area contributed by atoms with E-state index in [0.29, 0.717) is 22.4 Å². The largest absolute Gasteiger partial charge is 0.390 e. The molecule has 0 saturated heterocycles. The van der Waals surface area contributed by atoms with Crippen molar-refractivity contribution in [1.82, 2.24) is 9.97 Å². The molecule has 2 aromatic carbocycles. The van der Waals surface area contributed by atoms with Crippen LogP contribution in [0.5, 0.6) is 0 Å². The van der Waals surface area contributed by atoms with Gasteiger partial charge < -0.3 is 10.4 Å². The number of aromatic nitrogens is 2. The molecule has 3 aromatic rings. The summed E-state index contributed by atoms with van der Waals surface area (Å²) in [5, 5.41) is 15.4. The Balaban J connectivity index is 1.58. The minimum Gasteiger partial charge on any atom is -0.390 e. The predicted octanol–water partition coefficient (Wildman–Crippen LogP) is 5.96. The van der Waals surface area contributed by atoms with Crippen LogP contribution in [0.15, 0.2) is 42.5 Å². The molecule has 30 heavy (non-hydrogen) atoms. The number of fused-ring (bicyclic) bond motifs is 1. The van der Waals surface area contributed by atoms with Gasteiger partial charge in [0.15, 0.2) is 0 Å². The Morgan fingerprint density at radius 1 is 1.10 bits per heavy atom. The lowest BCUT2D eigenvalue weighted by molar-refractivity contribution is 0.165. The molecule has 154 valence electrons. The van der Waals surface area contributed by atoms with Crippen molar-refractivity contribution in [3.63, 3.8) is 0 Å². The number of aryl methyl sites for hydroxylation is 1. The van der Waals surface area contributed by atoms with Gasteiger partial charge in [-0.2, -0.15) is 0 Å². The van der Waals surface area contributed by atoms with E-state index < -0.39 is 6.10 Å². The number of halogens is 2. The summed E-state index contributed by atoms with van der Waals surface area (Å²) in [5.74, 6) is 1.17. The molecule has 1 heterocycles. The van der Waals surface area contributed by atoms with Crippen molar-refractivity contribution in [2.24, 2.45) is 0 Å². The highest BCUT2D eigenvalue weighted by atomic mass is 35.5. The number of rotatable bonds is 5. The lowest BCUT2D eigenvalue weighted by atomic mass is 10.1. The summed E-state index contributed by atoms with van der Waals surface area (Å²) >= 11 is 12.6. The van der Waals surface area contributed by atoms with Gasteiger partial charge in [0.2, 0.25) is 0 Å². The van der Waals surface area contributed by atoms with E-state index in [9.17, 15) is 5.11 Å². The summed E-state index contributed by atoms with van der Waals surface area (Å²) in [4.78, 5) is 10.0. The molecule has 6 heteroatoms. The van der Waals surface area contributed by atoms with E-state index in [2.05, 4.69) is 24.4 Å². The summed E-state index contributed by atoms with van der Waals surface area (Å²) < 4.78 is 0. The van der Waals surface area contributed by atoms with Crippen molar-refractivity contribution < 1.29 is 5.11 Å². The van der Waals surface area contributed by atoms with Crippen LogP contribution in [-0.4, -0.2) is 21.2 Å². The van der Waals surface area contributed by atoms with Crippen LogP contribution in [0.2, 0.25) is 10.0 Å². The van der Waals surface area contributed by atoms with Crippen LogP contribution in [0.1, 0.15) is 54.2 Å². The van der Waals surface area contributed by atoms with E-state index in [1.807, 2.05) is 24.3 Å². The molecule has 2 N–H and O–H groups in total. The molecule has 4 nitrogen and oxygen atoms in total. The average molecular weight is 440 g/mol. The van der Waals surface area contributed by atoms with Crippen LogP contribution < -0.4 is 5.32 Å². The number of anilines is 1. The Morgan fingerprint density at radius 2 is 1.90 bits per heavy atom. The summed E-state index contributed by atoms with van der Waals surface area (Å²) in [6, 6.07) is 13.5. The zero-order valence-corrected chi connectivity index (χ0v) is 18.2. The monoisotopic (exact) mass is 439 g/mol. The highest BCUT2D eigenvalue weighted by Crippen LogP contribution is 2.45. The summed E-state index contributed by atoms with van der Waals surface area (Å²) in [6.07, 6.45) is 3.11. The Labute approximate surface area is 186 Å². The van der Waals surface area contributed by atoms with Gasteiger partial charge in [0.25, 0.3) is 0 Å². The second-order valence-corrected chi connectivity index (χ2v) is 8.94. The van der Waals surface area contributed by atoms with Gasteiger partial charge in [-0.3, -0.25) is 0 Å². The molecule has 1 aromatic heterocycles. The Hall–Kier alpha value is -2.14. The van der Waals surface area contributed by atoms with E-state index in [1.165, 1.54) is 5.56 Å². The molecule has 0 bridgehead atoms. The molecule has 0 radical (unpaired) electrons. The first-order valence-corrected chi connectivity index (χ1v) is 11.2. The number of benzene rings is 2. The normalized spacial score (nSPS) is 20.3. The molecule has 0 aliphatic heterocycles. The van der Waals surface area contributed by atoms with Crippen LogP contribution in [0, 0.1) is 0 Å². The topological polar surface area (TPSA) is 58.0 Å². The zero-order chi connectivity index (χ0) is 20.8. The fraction of sp³-hybridized carbons (Fsp3) is 0.333. The van der Waals surface area contributed by atoms with E-state index in [-0.39, 0.29) is 6.04 Å². The third-order valence-corrected chi connectivity index (χ3v) is 6.52. The van der Waals surface area contributed by atoms with Crippen molar-refractivity contribution in [3.8, 4) is 11.3 Å². The van der Waals surface area contributed by atoms with E-state index in [1.54, 1.807) is 6.07 Å². The molecule has 0 amide bonds. The Morgan fingerprint density at radius 3 is 2.63 bits per heavy atom. The van der Waals surface area contributed by atoms with Gasteiger partial charge in [-0.05, 0) is 48.6 Å². The number of aliphatic hydroxyl groups excluding tert-OH is 1. The van der Waals surface area contributed by atoms with Gasteiger partial charge in [-0.1, -0.05) is 54.4 Å². The average Bonchev–Trinajstić information content (AvgIpc) is 3.53. The number of nitrogens with one attached hydrogen (secondary N) is 1. The highest BCUT2D eigenvalue weighted by molar-refractivity contribution is 6.36. The minimum atomic E-state index is -0.480. The van der Waals surface area contributed by atoms with Gasteiger partial charge in [-0.25, -0.2) is 9.97 Å². The molecular formula is C24H23Cl2N3O. The van der Waals surface area contributed by atoms with Gasteiger partial charge >= 0.3 is 0 Å². The maximum Gasteiger partial charge on any atom is 0.148 e. The molecule has 1 saturated carbocycles. The van der Waals surface area contributed by atoms with Crippen LogP contribution >= 0.6 is 23.2 Å². The lowest BCUT2D eigenvalue weighted by Gasteiger charge is -2.22. The minimum absolute atomic E-state index is 0.178. The molecule has 1 fully saturated rings. The van der Waals surface area contributed by atoms with Crippen LogP contribution in [0.25, 0.3) is 11.3 Å². The van der Waals surface area contributed by atoms with E-state index >= 15 is 0 Å². The fourth-order valence-electron chi connectivity index (χ4n) is 4.27. The third kappa shape index (κ3) is 3.58. The van der Waals surface area contributed by atoms with Crippen molar-refractivity contribution in [2.45, 2.75) is 50.7 Å². The SMILES string of the molecule is CCc1nc(NC2c3ccccc3CC2O)c(C2CC2)nc1-c1ccc(Cl)cc1Cl. The Kier molecular flexibility index (Phi) is 5.18. The van der Waals surface area contributed by atoms with Crippen molar-refractivity contribution in [3.05, 3.63) is 75.0 Å². The van der Waals surface area contributed by atoms with E-state index in [4.69, 9.17) is 33.2 Å². The van der Waals surface area contributed by atoms with Crippen LogP contribution in [0.3, 0.4) is 0 Å². The van der Waals surface area contributed by atoms with Crippen LogP contribution in [-0.2, 0) is 12.8 Å². The van der Waals surface area contributed by atoms with Crippen molar-refractivity contribution >= 4 is 29.0 Å². The summed E-state index contributed by atoms with van der Waals surface area (Å²) in [6.45, 7) is 2.07. The molecule has 5 rings (SSSR count). The third-order valence-electron chi connectivity index (χ3n) is 5.98. The molecular weight excluding hydrogens is 417 g/mol. The maximum atomic E-state index is 10.7. The molecule has 2 aliphatic rings. The lowest BCUT2D eigenvalue weighted by Crippen LogP contribution is -2.23. The molecule has 2 unspecified atom stereocenters. The second kappa shape index (κ2) is 7.84. The first kappa shape index (κ1) is 19.8. The quantitative estimate of drug-likeness (QED) is 0.514. The zero-order valence-electron chi connectivity index (χ0n) is 16.7. The molecule has 2 aliphatic carbocycles. The standard InChI is InChI=1S/C24H23Cl2N3O/c1-2-19-22(17-10-9-15(25)12-18(17)26)28-21(13-7-8-13)24(27-19)29-23-16-6-4-3-5-14(16)11-20(23)30/h3-6,9-10,12-13,20,23,30H,2,7-8,11H2,1H3,(H,27,29). The molecule has 2 atom stereocenters. The van der Waals surface area contributed by atoms with E-state index in [0.717, 1.165) is 53.3 Å². The van der Waals surface area contributed by atoms with Crippen LogP contribution in [0.4, 0.5) is 5.82 Å².